The number of hydrogen-bond donors (Lipinski definition) is 3. The minimum atomic E-state index is -11.5. The van der Waals surface area contributed by atoms with Gasteiger partial charge in [-0.3, -0.25) is 0 Å². The molecule has 900 valence electrons. The van der Waals surface area contributed by atoms with Crippen molar-refractivity contribution in [1.82, 2.24) is 14.6 Å². The van der Waals surface area contributed by atoms with Crippen molar-refractivity contribution in [2.24, 2.45) is 0 Å². The molecule has 3 N–H and O–H groups in total. The summed E-state index contributed by atoms with van der Waals surface area (Å²) in [6.45, 7) is -41.6. The van der Waals surface area contributed by atoms with Crippen molar-refractivity contribution >= 4 is 24.1 Å². The van der Waals surface area contributed by atoms with Crippen molar-refractivity contribution in [3.05, 3.63) is 0 Å². The van der Waals surface area contributed by atoms with Gasteiger partial charge in [0.1, 0.15) is 0 Å². The quantitative estimate of drug-likeness (QED) is 0.0407. The lowest BCUT2D eigenvalue weighted by Gasteiger charge is -2.43. The first-order chi connectivity index (χ1) is 63.4. The van der Waals surface area contributed by atoms with E-state index in [2.05, 4.69) is 27.1 Å². The van der Waals surface area contributed by atoms with Crippen LogP contribution >= 0.6 is 24.1 Å². The Morgan fingerprint density at radius 1 is 0.0933 bits per heavy atom. The van der Waals surface area contributed by atoms with Crippen molar-refractivity contribution in [2.75, 3.05) is 39.6 Å². The molecular weight excluding hydrogens is 2520 g/mol. The third-order valence-electron chi connectivity index (χ3n) is 17.7. The lowest BCUT2D eigenvalue weighted by Crippen LogP contribution is -2.73. The Hall–Kier alpha value is -5.37. The molecule has 0 unspecified atom stereocenters. The number of hydrogen-bond acceptors (Lipinski definition) is 9. The fourth-order valence-electron chi connectivity index (χ4n) is 8.62. The first-order valence-electron chi connectivity index (χ1n) is 32.3. The summed E-state index contributed by atoms with van der Waals surface area (Å²) >= 11 is 0. The first-order valence-corrected chi connectivity index (χ1v) is 37.2. The number of nitrogens with one attached hydrogen (secondary N) is 3. The van der Waals surface area contributed by atoms with E-state index >= 15 is 158 Å². The molecule has 9 nitrogen and oxygen atoms in total. The second kappa shape index (κ2) is 37.4. The summed E-state index contributed by atoms with van der Waals surface area (Å²) in [6.07, 6.45) is -55.1. The van der Waals surface area contributed by atoms with Crippen LogP contribution < -0.4 is 14.6 Å². The van der Waals surface area contributed by atoms with Crippen molar-refractivity contribution in [3.8, 4) is 0 Å². The molecule has 0 radical (unpaired) electrons. The molecule has 0 bridgehead atoms. The second-order valence-electron chi connectivity index (χ2n) is 28.0. The minimum absolute atomic E-state index is 1.98. The molecule has 0 atom stereocenters. The van der Waals surface area contributed by atoms with Crippen LogP contribution in [0.15, 0.2) is 0 Å². The summed E-state index contributed by atoms with van der Waals surface area (Å²) in [5.41, 5.74) is 0. The van der Waals surface area contributed by atoms with Crippen LogP contribution in [0.5, 0.6) is 0 Å². The van der Waals surface area contributed by atoms with Crippen LogP contribution in [0, 0.1) is 0 Å². The molecule has 0 spiro atoms. The average Bonchev–Trinajstić information content (AvgIpc) is 0.703. The summed E-state index contributed by atoms with van der Waals surface area (Å²) in [5.74, 6) is -372. The van der Waals surface area contributed by atoms with E-state index in [1.54, 1.807) is 0 Å². The van der Waals surface area contributed by atoms with Crippen LogP contribution in [-0.2, 0) is 27.1 Å². The lowest BCUT2D eigenvalue weighted by molar-refractivity contribution is -0.453. The van der Waals surface area contributed by atoms with Gasteiger partial charge in [0.15, 0.2) is 39.6 Å². The normalized spacial score (nSPS) is 18.6. The molecule has 0 aromatic heterocycles. The smallest absolute Gasteiger partial charge is 0.197 e. The molecule has 0 aliphatic carbocycles. The third kappa shape index (κ3) is 20.0. The van der Waals surface area contributed by atoms with E-state index in [1.165, 1.54) is 0 Å². The van der Waals surface area contributed by atoms with Crippen LogP contribution in [0.4, 0.5) is 395 Å². The third-order valence-corrected chi connectivity index (χ3v) is 27.0. The van der Waals surface area contributed by atoms with Gasteiger partial charge in [-0.05, 0) is 0 Å². The summed E-state index contributed by atoms with van der Waals surface area (Å²) < 4.78 is 1320. The summed E-state index contributed by atoms with van der Waals surface area (Å²) in [5, 5.41) is 0. The van der Waals surface area contributed by atoms with E-state index in [4.69, 9.17) is 0 Å². The van der Waals surface area contributed by atoms with Gasteiger partial charge in [-0.2, -0.15) is 422 Å². The van der Waals surface area contributed by atoms with E-state index in [0.29, 0.717) is 0 Å². The van der Waals surface area contributed by atoms with Gasteiger partial charge in [-0.1, -0.05) is 0 Å². The standard InChI is InChI=1S/C48H15F90N3O6P3/c49-7(50,13(61,62)19(73,74)25(85,86)31(97,98)37(109,110)43(121,122)123)1-142-148(143-2-8(51,52)14(63,64)20(75,76)26(87,88)32(99,100)38(111,112)44(124,125)126)139-149(144-3-9(53,54)15(65,66)21(77,78)27(89,90)33(101,102)39(113,114)45(127,128)129,145-4-10(55,56)16(67,68)22(79,80)28(91,92)34(103,104)40(115,116)46(130,131)132)141-150(140-148,146-5-11(57,58)17(69,70)23(81,82)29(93,94)35(105,106)41(117,118)47(133,134)135)147-6-12(59,60)18(71,72)24(83,84)30(95,96)36(107,108)42(119,120)48(136,137)138/h139-141H,1-6H2/q+3. The van der Waals surface area contributed by atoms with E-state index in [0.717, 1.165) is 0 Å². The molecule has 102 heteroatoms. The zero-order valence-corrected chi connectivity index (χ0v) is 67.2. The predicted molar refractivity (Wildman–Crippen MR) is 280 cm³/mol. The molecule has 0 amide bonds. The number of alkyl halides is 90. The lowest BCUT2D eigenvalue weighted by atomic mass is 9.91. The zero-order valence-electron chi connectivity index (χ0n) is 64.6. The highest BCUT2D eigenvalue weighted by Gasteiger charge is 3.03. The highest BCUT2D eigenvalue weighted by Crippen LogP contribution is 2.85. The largest absolute Gasteiger partial charge is 0.510 e. The molecule has 0 saturated carbocycles. The second-order valence-corrected chi connectivity index (χ2v) is 35.3. The maximum atomic E-state index is 16.0. The first kappa shape index (κ1) is 143. The fraction of sp³-hybridized carbons (Fsp3) is 1.00. The Labute approximate surface area is 751 Å². The summed E-state index contributed by atoms with van der Waals surface area (Å²) in [7, 11) is -34.5. The van der Waals surface area contributed by atoms with Gasteiger partial charge in [0.2, 0.25) is 0 Å². The van der Waals surface area contributed by atoms with Gasteiger partial charge in [0.05, 0.1) is 14.6 Å². The van der Waals surface area contributed by atoms with Gasteiger partial charge >= 0.3 is 274 Å². The van der Waals surface area contributed by atoms with Gasteiger partial charge in [0, 0.05) is 0 Å². The predicted octanol–water partition coefficient (Wildman–Crippen LogP) is 30.1. The monoisotopic (exact) mass is 2530 g/mol. The molecule has 150 heavy (non-hydrogen) atoms. The van der Waals surface area contributed by atoms with Crippen LogP contribution in [0.2, 0.25) is 0 Å². The summed E-state index contributed by atoms with van der Waals surface area (Å²) in [6, 6.07) is 0. The van der Waals surface area contributed by atoms with E-state index in [-0.39, 0.29) is 0 Å². The Bertz CT molecular complexity index is 3910. The van der Waals surface area contributed by atoms with Crippen LogP contribution in [0.3, 0.4) is 0 Å². The molecule has 0 aromatic rings. The SMILES string of the molecule is FC(F)(F)C(F)(F)C(F)(F)C(F)(F)C(F)(F)C(F)(F)C(F)(F)CO[P+]1(OCC(F)(F)C(F)(F)C(F)(F)C(F)(F)C(F)(F)C(F)(F)C(F)(F)F)N[P+](OCC(F)(F)C(F)(F)C(F)(F)C(F)(F)C(F)(F)C(F)(F)C(F)(F)F)(OCC(F)(F)C(F)(F)C(F)(F)C(F)(F)C(F)(F)C(F)(F)C(F)(F)F)N[P+](OCC(F)(F)C(F)(F)C(F)(F)C(F)(F)C(F)(F)C(F)(F)C(F)(F)F)(OCC(F)(F)C(F)(F)C(F)(F)C(F)(F)C(F)(F)C(F)(F)C(F)(F)F)N1. The zero-order chi connectivity index (χ0) is 123. The molecule has 1 rings (SSSR count). The highest BCUT2D eigenvalue weighted by atomic mass is 31.3. The molecule has 1 aliphatic rings. The highest BCUT2D eigenvalue weighted by molar-refractivity contribution is 7.92. The van der Waals surface area contributed by atoms with Crippen LogP contribution in [0.25, 0.3) is 0 Å². The van der Waals surface area contributed by atoms with Gasteiger partial charge in [0.25, 0.3) is 0 Å². The van der Waals surface area contributed by atoms with Crippen molar-refractivity contribution < 1.29 is 422 Å². The summed E-state index contributed by atoms with van der Waals surface area (Å²) in [4.78, 5) is -5.93. The number of rotatable bonds is 48. The molecule has 1 saturated heterocycles. The molecule has 1 aliphatic heterocycles. The van der Waals surface area contributed by atoms with Crippen molar-refractivity contribution in [2.45, 2.75) is 250 Å². The molecule has 1 fully saturated rings. The average molecular weight is 2530 g/mol. The minimum Gasteiger partial charge on any atom is -0.197 e. The fourth-order valence-corrected chi connectivity index (χ4v) is 19.6. The van der Waals surface area contributed by atoms with E-state index < -0.39 is 329 Å². The number of halogens is 90. The van der Waals surface area contributed by atoms with Gasteiger partial charge in [-0.25, -0.2) is 0 Å². The Balaban J connectivity index is 6.62. The van der Waals surface area contributed by atoms with E-state index in [9.17, 15) is 237 Å². The van der Waals surface area contributed by atoms with Crippen LogP contribution in [-0.4, -0.2) is 290 Å². The Kier molecular flexibility index (Phi) is 35.5. The Morgan fingerprint density at radius 2 is 0.153 bits per heavy atom. The van der Waals surface area contributed by atoms with Gasteiger partial charge in [-0.15, -0.1) is 0 Å². The van der Waals surface area contributed by atoms with Gasteiger partial charge < -0.3 is 0 Å². The van der Waals surface area contributed by atoms with E-state index in [1.807, 2.05) is 0 Å². The van der Waals surface area contributed by atoms with Crippen molar-refractivity contribution in [1.29, 1.82) is 0 Å². The van der Waals surface area contributed by atoms with Crippen LogP contribution in [0.1, 0.15) is 0 Å². The maximum absolute atomic E-state index is 16.0. The Morgan fingerprint density at radius 3 is 0.220 bits per heavy atom. The topological polar surface area (TPSA) is 91.5 Å². The molecular formula is C48H15F90N3O6P3+3. The maximum Gasteiger partial charge on any atom is 0.510 e. The van der Waals surface area contributed by atoms with Crippen molar-refractivity contribution in [3.63, 3.8) is 0 Å². The molecule has 1 heterocycles. The molecule has 0 aromatic carbocycles.